The number of Topliss-reactive ketones (excluding diaryl/α,β-unsaturated/α-hetero) is 1. The van der Waals surface area contributed by atoms with E-state index in [1.54, 1.807) is 25.1 Å². The van der Waals surface area contributed by atoms with Gasteiger partial charge in [-0.1, -0.05) is 23.9 Å². The molecular formula is C22H19NO5S. The second-order valence-corrected chi connectivity index (χ2v) is 7.51. The largest absolute Gasteiger partial charge is 0.507 e. The molecule has 0 aliphatic carbocycles. The molecule has 0 saturated carbocycles. The van der Waals surface area contributed by atoms with Crippen molar-refractivity contribution >= 4 is 23.5 Å². The van der Waals surface area contributed by atoms with E-state index in [1.165, 1.54) is 30.9 Å². The maximum Gasteiger partial charge on any atom is 0.354 e. The maximum atomic E-state index is 11.5. The number of carboxylic acids is 1. The number of benzene rings is 2. The van der Waals surface area contributed by atoms with Crippen LogP contribution in [0.1, 0.15) is 38.9 Å². The van der Waals surface area contributed by atoms with Gasteiger partial charge in [0.25, 0.3) is 0 Å². The number of carboxylic acid groups (broad SMARTS) is 1. The molecule has 2 aromatic carbocycles. The number of carbonyl (C=O) groups is 2. The minimum atomic E-state index is -1.05. The van der Waals surface area contributed by atoms with Crippen molar-refractivity contribution < 1.29 is 24.5 Å². The van der Waals surface area contributed by atoms with Crippen molar-refractivity contribution in [3.05, 3.63) is 77.1 Å². The lowest BCUT2D eigenvalue weighted by molar-refractivity contribution is 0.0690. The zero-order chi connectivity index (χ0) is 21.0. The molecule has 148 valence electrons. The lowest BCUT2D eigenvalue weighted by Gasteiger charge is -2.12. The number of ketones is 1. The first kappa shape index (κ1) is 20.4. The van der Waals surface area contributed by atoms with Gasteiger partial charge in [-0.2, -0.15) is 0 Å². The quantitative estimate of drug-likeness (QED) is 0.545. The summed E-state index contributed by atoms with van der Waals surface area (Å²) in [6.45, 7) is 3.44. The maximum absolute atomic E-state index is 11.5. The average Bonchev–Trinajstić information content (AvgIpc) is 2.70. The van der Waals surface area contributed by atoms with Gasteiger partial charge >= 0.3 is 5.97 Å². The van der Waals surface area contributed by atoms with Crippen LogP contribution in [0.2, 0.25) is 0 Å². The first-order valence-electron chi connectivity index (χ1n) is 8.77. The summed E-state index contributed by atoms with van der Waals surface area (Å²) in [5.74, 6) is -0.775. The standard InChI is InChI=1S/C22H19NO5S/c1-13-20(10-8-18(14(2)24)21(13)25)28-12-15-3-5-16(6-4-15)29-17-7-9-19(22(26)27)23-11-17/h3-11,25H,12H2,1-2H3,(H,26,27). The van der Waals surface area contributed by atoms with Crippen LogP contribution in [0.3, 0.4) is 0 Å². The van der Waals surface area contributed by atoms with Crippen LogP contribution in [-0.4, -0.2) is 26.9 Å². The van der Waals surface area contributed by atoms with E-state index in [0.717, 1.165) is 15.4 Å². The van der Waals surface area contributed by atoms with E-state index < -0.39 is 5.97 Å². The normalized spacial score (nSPS) is 10.6. The van der Waals surface area contributed by atoms with Crippen LogP contribution in [0.5, 0.6) is 11.5 Å². The van der Waals surface area contributed by atoms with Gasteiger partial charge in [0.05, 0.1) is 5.56 Å². The number of nitrogens with zero attached hydrogens (tertiary/aromatic N) is 1. The Bertz CT molecular complexity index is 1050. The van der Waals surface area contributed by atoms with Gasteiger partial charge in [0.1, 0.15) is 23.8 Å². The molecule has 3 aromatic rings. The molecule has 0 spiro atoms. The van der Waals surface area contributed by atoms with Crippen molar-refractivity contribution in [3.63, 3.8) is 0 Å². The highest BCUT2D eigenvalue weighted by atomic mass is 32.2. The third kappa shape index (κ3) is 4.94. The fourth-order valence-electron chi connectivity index (χ4n) is 2.64. The number of aromatic hydroxyl groups is 1. The number of ether oxygens (including phenoxy) is 1. The second-order valence-electron chi connectivity index (χ2n) is 6.36. The molecule has 29 heavy (non-hydrogen) atoms. The number of hydrogen-bond acceptors (Lipinski definition) is 6. The van der Waals surface area contributed by atoms with Gasteiger partial charge in [0.2, 0.25) is 0 Å². The van der Waals surface area contributed by atoms with Crippen LogP contribution < -0.4 is 4.74 Å². The van der Waals surface area contributed by atoms with Gasteiger partial charge in [-0.15, -0.1) is 0 Å². The Hall–Kier alpha value is -3.32. The highest BCUT2D eigenvalue weighted by molar-refractivity contribution is 7.99. The number of phenolic OH excluding ortho intramolecular Hbond substituents is 1. The molecule has 0 aliphatic rings. The van der Waals surface area contributed by atoms with Crippen LogP contribution in [0, 0.1) is 6.92 Å². The SMILES string of the molecule is CC(=O)c1ccc(OCc2ccc(Sc3ccc(C(=O)O)nc3)cc2)c(C)c1O. The summed E-state index contributed by atoms with van der Waals surface area (Å²) in [6, 6.07) is 14.2. The Labute approximate surface area is 172 Å². The van der Waals surface area contributed by atoms with E-state index in [1.807, 2.05) is 24.3 Å². The summed E-state index contributed by atoms with van der Waals surface area (Å²) in [6.07, 6.45) is 1.53. The Morgan fingerprint density at radius 1 is 1.03 bits per heavy atom. The molecule has 0 atom stereocenters. The summed E-state index contributed by atoms with van der Waals surface area (Å²) >= 11 is 1.48. The van der Waals surface area contributed by atoms with E-state index in [9.17, 15) is 14.7 Å². The number of hydrogen-bond donors (Lipinski definition) is 2. The van der Waals surface area contributed by atoms with Crippen LogP contribution in [0.25, 0.3) is 0 Å². The zero-order valence-corrected chi connectivity index (χ0v) is 16.7. The molecule has 0 aliphatic heterocycles. The number of carbonyl (C=O) groups excluding carboxylic acids is 1. The average molecular weight is 409 g/mol. The smallest absolute Gasteiger partial charge is 0.354 e. The molecule has 1 aromatic heterocycles. The van der Waals surface area contributed by atoms with E-state index in [2.05, 4.69) is 4.98 Å². The van der Waals surface area contributed by atoms with Gasteiger partial charge in [0.15, 0.2) is 5.78 Å². The third-order valence-corrected chi connectivity index (χ3v) is 5.25. The second kappa shape index (κ2) is 8.79. The highest BCUT2D eigenvalue weighted by Gasteiger charge is 2.13. The molecule has 7 heteroatoms. The van der Waals surface area contributed by atoms with Crippen LogP contribution in [-0.2, 0) is 6.61 Å². The van der Waals surface area contributed by atoms with Gasteiger partial charge in [0, 0.05) is 21.6 Å². The van der Waals surface area contributed by atoms with E-state index in [-0.39, 0.29) is 22.8 Å². The number of aromatic nitrogens is 1. The Morgan fingerprint density at radius 3 is 2.31 bits per heavy atom. The summed E-state index contributed by atoms with van der Waals surface area (Å²) < 4.78 is 5.79. The monoisotopic (exact) mass is 409 g/mol. The van der Waals surface area contributed by atoms with Crippen molar-refractivity contribution in [1.82, 2.24) is 4.98 Å². The lowest BCUT2D eigenvalue weighted by Crippen LogP contribution is -2.00. The fraction of sp³-hybridized carbons (Fsp3) is 0.136. The fourth-order valence-corrected chi connectivity index (χ4v) is 3.43. The van der Waals surface area contributed by atoms with Gasteiger partial charge in [-0.25, -0.2) is 9.78 Å². The minimum Gasteiger partial charge on any atom is -0.507 e. The molecule has 0 bridgehead atoms. The molecule has 0 fully saturated rings. The van der Waals surface area contributed by atoms with Crippen molar-refractivity contribution in [3.8, 4) is 11.5 Å². The number of aromatic carboxylic acids is 1. The van der Waals surface area contributed by atoms with E-state index >= 15 is 0 Å². The van der Waals surface area contributed by atoms with Crippen LogP contribution in [0.15, 0.2) is 64.5 Å². The predicted octanol–water partition coefficient (Wildman–Crippen LogP) is 4.73. The molecule has 0 unspecified atom stereocenters. The number of phenols is 1. The minimum absolute atomic E-state index is 0.0134. The van der Waals surface area contributed by atoms with Crippen molar-refractivity contribution in [1.29, 1.82) is 0 Å². The molecule has 0 radical (unpaired) electrons. The summed E-state index contributed by atoms with van der Waals surface area (Å²) in [5.41, 5.74) is 1.77. The summed E-state index contributed by atoms with van der Waals surface area (Å²) in [5, 5.41) is 19.0. The predicted molar refractivity (Wildman–Crippen MR) is 109 cm³/mol. The van der Waals surface area contributed by atoms with Gasteiger partial charge in [-0.05, 0) is 55.8 Å². The van der Waals surface area contributed by atoms with Crippen molar-refractivity contribution in [2.75, 3.05) is 0 Å². The zero-order valence-electron chi connectivity index (χ0n) is 15.9. The molecule has 0 saturated heterocycles. The molecule has 3 rings (SSSR count). The molecule has 6 nitrogen and oxygen atoms in total. The Morgan fingerprint density at radius 2 is 1.72 bits per heavy atom. The van der Waals surface area contributed by atoms with E-state index in [0.29, 0.717) is 17.9 Å². The molecule has 2 N–H and O–H groups in total. The lowest BCUT2D eigenvalue weighted by atomic mass is 10.1. The van der Waals surface area contributed by atoms with Crippen LogP contribution in [0.4, 0.5) is 0 Å². The first-order chi connectivity index (χ1) is 13.8. The first-order valence-corrected chi connectivity index (χ1v) is 9.59. The topological polar surface area (TPSA) is 96.7 Å². The van der Waals surface area contributed by atoms with E-state index in [4.69, 9.17) is 9.84 Å². The molecule has 0 amide bonds. The summed E-state index contributed by atoms with van der Waals surface area (Å²) in [7, 11) is 0. The number of pyridine rings is 1. The molecular weight excluding hydrogens is 390 g/mol. The highest BCUT2D eigenvalue weighted by Crippen LogP contribution is 2.32. The van der Waals surface area contributed by atoms with Crippen molar-refractivity contribution in [2.24, 2.45) is 0 Å². The third-order valence-electron chi connectivity index (χ3n) is 4.27. The molecule has 1 heterocycles. The van der Waals surface area contributed by atoms with Gasteiger partial charge in [-0.3, -0.25) is 4.79 Å². The van der Waals surface area contributed by atoms with Crippen molar-refractivity contribution in [2.45, 2.75) is 30.2 Å². The Balaban J connectivity index is 1.63. The number of rotatable bonds is 7. The summed E-state index contributed by atoms with van der Waals surface area (Å²) in [4.78, 5) is 28.1. The van der Waals surface area contributed by atoms with Crippen LogP contribution >= 0.6 is 11.8 Å². The Kier molecular flexibility index (Phi) is 6.19. The van der Waals surface area contributed by atoms with Gasteiger partial charge < -0.3 is 14.9 Å².